The van der Waals surface area contributed by atoms with Crippen LogP contribution < -0.4 is 5.32 Å². The SMILES string of the molecule is CC(C)n1nnnc1-c1cccc(C(=O)Nc2cccnc2)c1. The molecule has 0 aliphatic carbocycles. The number of nitrogens with one attached hydrogen (secondary N) is 1. The number of hydrogen-bond acceptors (Lipinski definition) is 5. The van der Waals surface area contributed by atoms with Crippen LogP contribution in [-0.4, -0.2) is 31.1 Å². The van der Waals surface area contributed by atoms with Gasteiger partial charge >= 0.3 is 0 Å². The summed E-state index contributed by atoms with van der Waals surface area (Å²) in [5.74, 6) is 0.430. The molecular weight excluding hydrogens is 292 g/mol. The summed E-state index contributed by atoms with van der Waals surface area (Å²) in [6.45, 7) is 4.00. The fourth-order valence-corrected chi connectivity index (χ4v) is 2.17. The van der Waals surface area contributed by atoms with Crippen LogP contribution in [0.25, 0.3) is 11.4 Å². The minimum absolute atomic E-state index is 0.132. The Kier molecular flexibility index (Phi) is 4.09. The van der Waals surface area contributed by atoms with Crippen molar-refractivity contribution in [3.05, 3.63) is 54.4 Å². The Hall–Kier alpha value is -3.09. The number of rotatable bonds is 4. The van der Waals surface area contributed by atoms with Crippen molar-refractivity contribution in [2.45, 2.75) is 19.9 Å². The van der Waals surface area contributed by atoms with E-state index in [2.05, 4.69) is 25.8 Å². The third kappa shape index (κ3) is 3.23. The summed E-state index contributed by atoms with van der Waals surface area (Å²) in [4.78, 5) is 16.3. The molecule has 0 atom stereocenters. The Labute approximate surface area is 133 Å². The molecule has 0 spiro atoms. The lowest BCUT2D eigenvalue weighted by Gasteiger charge is -2.09. The van der Waals surface area contributed by atoms with E-state index in [4.69, 9.17) is 0 Å². The van der Waals surface area contributed by atoms with Crippen LogP contribution in [-0.2, 0) is 0 Å². The number of carbonyl (C=O) groups excluding carboxylic acids is 1. The highest BCUT2D eigenvalue weighted by Crippen LogP contribution is 2.20. The summed E-state index contributed by atoms with van der Waals surface area (Å²) < 4.78 is 1.72. The summed E-state index contributed by atoms with van der Waals surface area (Å²) in [5.41, 5.74) is 1.97. The van der Waals surface area contributed by atoms with E-state index in [1.54, 1.807) is 41.3 Å². The van der Waals surface area contributed by atoms with Gasteiger partial charge in [0.1, 0.15) is 0 Å². The van der Waals surface area contributed by atoms with Gasteiger partial charge in [0, 0.05) is 17.3 Å². The van der Waals surface area contributed by atoms with Crippen molar-refractivity contribution in [2.24, 2.45) is 0 Å². The predicted octanol–water partition coefficient (Wildman–Crippen LogP) is 2.57. The second-order valence-corrected chi connectivity index (χ2v) is 5.32. The molecule has 0 aliphatic heterocycles. The number of pyridine rings is 1. The predicted molar refractivity (Wildman–Crippen MR) is 85.8 cm³/mol. The topological polar surface area (TPSA) is 85.6 Å². The minimum Gasteiger partial charge on any atom is -0.321 e. The minimum atomic E-state index is -0.205. The van der Waals surface area contributed by atoms with Crippen LogP contribution in [0.3, 0.4) is 0 Å². The van der Waals surface area contributed by atoms with Crippen molar-refractivity contribution in [1.82, 2.24) is 25.2 Å². The Morgan fingerprint density at radius 1 is 1.22 bits per heavy atom. The van der Waals surface area contributed by atoms with Crippen LogP contribution in [0.15, 0.2) is 48.8 Å². The fraction of sp³-hybridized carbons (Fsp3) is 0.188. The van der Waals surface area contributed by atoms with Crippen LogP contribution in [0.2, 0.25) is 0 Å². The van der Waals surface area contributed by atoms with Crippen molar-refractivity contribution in [2.75, 3.05) is 5.32 Å². The molecule has 0 aliphatic rings. The van der Waals surface area contributed by atoms with Crippen LogP contribution in [0.1, 0.15) is 30.2 Å². The summed E-state index contributed by atoms with van der Waals surface area (Å²) in [5, 5.41) is 14.6. The lowest BCUT2D eigenvalue weighted by Crippen LogP contribution is -2.12. The molecule has 0 bridgehead atoms. The molecular formula is C16H16N6O. The number of anilines is 1. The molecule has 0 unspecified atom stereocenters. The number of carbonyl (C=O) groups is 1. The van der Waals surface area contributed by atoms with Crippen molar-refractivity contribution in [1.29, 1.82) is 0 Å². The number of amides is 1. The standard InChI is InChI=1S/C16H16N6O/c1-11(2)22-15(19-20-21-22)12-5-3-6-13(9-12)16(23)18-14-7-4-8-17-10-14/h3-11H,1-2H3,(H,18,23). The molecule has 2 aromatic heterocycles. The average molecular weight is 308 g/mol. The van der Waals surface area contributed by atoms with Crippen LogP contribution in [0.4, 0.5) is 5.69 Å². The monoisotopic (exact) mass is 308 g/mol. The molecule has 0 radical (unpaired) electrons. The quantitative estimate of drug-likeness (QED) is 0.800. The van der Waals surface area contributed by atoms with Gasteiger partial charge in [0.2, 0.25) is 0 Å². The Morgan fingerprint density at radius 3 is 2.83 bits per heavy atom. The molecule has 116 valence electrons. The third-order valence-electron chi connectivity index (χ3n) is 3.28. The first kappa shape index (κ1) is 14.8. The molecule has 2 heterocycles. The Balaban J connectivity index is 1.88. The molecule has 7 heteroatoms. The van der Waals surface area contributed by atoms with Crippen molar-refractivity contribution in [3.8, 4) is 11.4 Å². The highest BCUT2D eigenvalue weighted by atomic mass is 16.1. The number of tetrazole rings is 1. The van der Waals surface area contributed by atoms with Crippen molar-refractivity contribution in [3.63, 3.8) is 0 Å². The van der Waals surface area contributed by atoms with Gasteiger partial charge in [0.25, 0.3) is 5.91 Å². The van der Waals surface area contributed by atoms with E-state index in [-0.39, 0.29) is 11.9 Å². The number of hydrogen-bond donors (Lipinski definition) is 1. The highest BCUT2D eigenvalue weighted by Gasteiger charge is 2.14. The van der Waals surface area contributed by atoms with Crippen LogP contribution in [0, 0.1) is 0 Å². The average Bonchev–Trinajstić information content (AvgIpc) is 3.06. The molecule has 1 aromatic carbocycles. The van der Waals surface area contributed by atoms with Crippen molar-refractivity contribution >= 4 is 11.6 Å². The van der Waals surface area contributed by atoms with Crippen LogP contribution >= 0.6 is 0 Å². The van der Waals surface area contributed by atoms with Crippen LogP contribution in [0.5, 0.6) is 0 Å². The maximum Gasteiger partial charge on any atom is 0.255 e. The normalized spacial score (nSPS) is 10.7. The fourth-order valence-electron chi connectivity index (χ4n) is 2.17. The largest absolute Gasteiger partial charge is 0.321 e. The van der Waals surface area contributed by atoms with Crippen molar-refractivity contribution < 1.29 is 4.79 Å². The number of nitrogens with zero attached hydrogens (tertiary/aromatic N) is 5. The van der Waals surface area contributed by atoms with E-state index in [0.717, 1.165) is 5.56 Å². The first-order chi connectivity index (χ1) is 11.1. The number of benzene rings is 1. The van der Waals surface area contributed by atoms with E-state index < -0.39 is 0 Å². The van der Waals surface area contributed by atoms with Gasteiger partial charge in [-0.25, -0.2) is 4.68 Å². The number of aromatic nitrogens is 5. The van der Waals surface area contributed by atoms with E-state index in [9.17, 15) is 4.79 Å². The van der Waals surface area contributed by atoms with Gasteiger partial charge in [-0.3, -0.25) is 9.78 Å². The second-order valence-electron chi connectivity index (χ2n) is 5.32. The van der Waals surface area contributed by atoms with E-state index in [0.29, 0.717) is 17.1 Å². The van der Waals surface area contributed by atoms with Gasteiger partial charge in [-0.15, -0.1) is 5.10 Å². The molecule has 0 fully saturated rings. The molecule has 3 rings (SSSR count). The molecule has 7 nitrogen and oxygen atoms in total. The lowest BCUT2D eigenvalue weighted by molar-refractivity contribution is 0.102. The van der Waals surface area contributed by atoms with E-state index in [1.165, 1.54) is 0 Å². The van der Waals surface area contributed by atoms with Gasteiger partial charge in [0.05, 0.1) is 17.9 Å². The van der Waals surface area contributed by atoms with Gasteiger partial charge in [-0.2, -0.15) is 0 Å². The molecule has 3 aromatic rings. The molecule has 0 saturated carbocycles. The van der Waals surface area contributed by atoms with Gasteiger partial charge < -0.3 is 5.32 Å². The maximum absolute atomic E-state index is 12.4. The maximum atomic E-state index is 12.4. The zero-order valence-corrected chi connectivity index (χ0v) is 12.8. The summed E-state index contributed by atoms with van der Waals surface area (Å²) in [6, 6.07) is 10.9. The smallest absolute Gasteiger partial charge is 0.255 e. The summed E-state index contributed by atoms with van der Waals surface area (Å²) >= 11 is 0. The van der Waals surface area contributed by atoms with E-state index >= 15 is 0 Å². The van der Waals surface area contributed by atoms with Gasteiger partial charge in [-0.05, 0) is 48.5 Å². The molecule has 1 amide bonds. The summed E-state index contributed by atoms with van der Waals surface area (Å²) in [7, 11) is 0. The molecule has 1 N–H and O–H groups in total. The molecule has 23 heavy (non-hydrogen) atoms. The van der Waals surface area contributed by atoms with E-state index in [1.807, 2.05) is 26.0 Å². The summed E-state index contributed by atoms with van der Waals surface area (Å²) in [6.07, 6.45) is 3.25. The Morgan fingerprint density at radius 2 is 2.09 bits per heavy atom. The first-order valence-corrected chi connectivity index (χ1v) is 7.25. The Bertz CT molecular complexity index is 812. The lowest BCUT2D eigenvalue weighted by atomic mass is 10.1. The highest BCUT2D eigenvalue weighted by molar-refractivity contribution is 6.04. The third-order valence-corrected chi connectivity index (χ3v) is 3.28. The zero-order chi connectivity index (χ0) is 16.2. The first-order valence-electron chi connectivity index (χ1n) is 7.25. The van der Waals surface area contributed by atoms with Gasteiger partial charge in [-0.1, -0.05) is 12.1 Å². The molecule has 0 saturated heterocycles. The van der Waals surface area contributed by atoms with Gasteiger partial charge in [0.15, 0.2) is 5.82 Å². The second kappa shape index (κ2) is 6.35. The zero-order valence-electron chi connectivity index (χ0n) is 12.8.